The van der Waals surface area contributed by atoms with E-state index in [1.807, 2.05) is 41.1 Å². The fraction of sp³-hybridized carbons (Fsp3) is 0.208. The second kappa shape index (κ2) is 9.00. The Morgan fingerprint density at radius 1 is 1.19 bits per heavy atom. The number of fused-ring (bicyclic) bond motifs is 1. The van der Waals surface area contributed by atoms with E-state index >= 15 is 0 Å². The number of hydrogen-bond acceptors (Lipinski definition) is 5. The van der Waals surface area contributed by atoms with Crippen LogP contribution in [0.15, 0.2) is 59.6 Å². The Balaban J connectivity index is 1.56. The topological polar surface area (TPSA) is 68.6 Å². The van der Waals surface area contributed by atoms with Gasteiger partial charge in [-0.15, -0.1) is 0 Å². The van der Waals surface area contributed by atoms with Crippen LogP contribution in [0.5, 0.6) is 0 Å². The Hall–Kier alpha value is -3.39. The van der Waals surface area contributed by atoms with Crippen LogP contribution in [-0.4, -0.2) is 39.2 Å². The molecule has 0 aliphatic carbocycles. The number of esters is 1. The van der Waals surface area contributed by atoms with Crippen molar-refractivity contribution in [2.75, 3.05) is 6.61 Å². The molecule has 1 atom stereocenters. The molecular weight excluding hydrogens is 431 g/mol. The van der Waals surface area contributed by atoms with Gasteiger partial charge in [-0.1, -0.05) is 18.2 Å². The minimum Gasteiger partial charge on any atom is -0.464 e. The Labute approximate surface area is 188 Å². The molecule has 1 aromatic heterocycles. The first-order chi connectivity index (χ1) is 15.4. The number of benzene rings is 2. The molecule has 1 aliphatic heterocycles. The molecule has 0 unspecified atom stereocenters. The smallest absolute Gasteiger partial charge is 0.329 e. The molecule has 1 aliphatic rings. The maximum atomic E-state index is 13.5. The molecule has 2 amide bonds. The number of amides is 2. The number of carbonyl (C=O) groups is 3. The summed E-state index contributed by atoms with van der Waals surface area (Å²) in [6, 6.07) is 13.1. The van der Waals surface area contributed by atoms with Crippen LogP contribution in [0.3, 0.4) is 0 Å². The highest BCUT2D eigenvalue weighted by Gasteiger charge is 2.41. The van der Waals surface area contributed by atoms with Crippen LogP contribution < -0.4 is 0 Å². The van der Waals surface area contributed by atoms with Gasteiger partial charge >= 0.3 is 5.97 Å². The standard InChI is InChI=1S/C24H21FN2O4S/c1-3-31-23(29)15(2)27-22(28)21(32-24(27)30)13-16-7-8-20-18(11-16)9-10-26(20)14-17-5-4-6-19(25)12-17/h4-13,15H,3,14H2,1-2H3/b21-13-/t15-/m0/s1. The normalized spacial score (nSPS) is 16.2. The fourth-order valence-corrected chi connectivity index (χ4v) is 4.52. The monoisotopic (exact) mass is 452 g/mol. The van der Waals surface area contributed by atoms with Crippen molar-refractivity contribution < 1.29 is 23.5 Å². The lowest BCUT2D eigenvalue weighted by Crippen LogP contribution is -2.42. The minimum absolute atomic E-state index is 0.175. The molecule has 6 nitrogen and oxygen atoms in total. The molecule has 0 radical (unpaired) electrons. The van der Waals surface area contributed by atoms with Gasteiger partial charge in [0.1, 0.15) is 11.9 Å². The highest BCUT2D eigenvalue weighted by Crippen LogP contribution is 2.34. The van der Waals surface area contributed by atoms with Crippen molar-refractivity contribution in [2.24, 2.45) is 0 Å². The van der Waals surface area contributed by atoms with Gasteiger partial charge in [-0.3, -0.25) is 14.5 Å². The van der Waals surface area contributed by atoms with E-state index in [0.717, 1.165) is 38.7 Å². The molecule has 32 heavy (non-hydrogen) atoms. The Morgan fingerprint density at radius 2 is 2.00 bits per heavy atom. The maximum absolute atomic E-state index is 13.5. The quantitative estimate of drug-likeness (QED) is 0.396. The van der Waals surface area contributed by atoms with Crippen molar-refractivity contribution in [1.82, 2.24) is 9.47 Å². The molecule has 2 heterocycles. The summed E-state index contributed by atoms with van der Waals surface area (Å²) in [5.41, 5.74) is 2.58. The fourth-order valence-electron chi connectivity index (χ4n) is 3.61. The molecule has 0 bridgehead atoms. The van der Waals surface area contributed by atoms with E-state index in [9.17, 15) is 18.8 Å². The third-order valence-corrected chi connectivity index (χ3v) is 6.06. The second-order valence-corrected chi connectivity index (χ2v) is 8.36. The first kappa shape index (κ1) is 21.8. The lowest BCUT2D eigenvalue weighted by Gasteiger charge is -2.19. The zero-order valence-corrected chi connectivity index (χ0v) is 18.4. The van der Waals surface area contributed by atoms with E-state index in [2.05, 4.69) is 0 Å². The zero-order chi connectivity index (χ0) is 22.8. The van der Waals surface area contributed by atoms with Crippen LogP contribution in [0.25, 0.3) is 17.0 Å². The number of halogens is 1. The number of thioether (sulfide) groups is 1. The van der Waals surface area contributed by atoms with Gasteiger partial charge in [-0.2, -0.15) is 0 Å². The highest BCUT2D eigenvalue weighted by molar-refractivity contribution is 8.18. The summed E-state index contributed by atoms with van der Waals surface area (Å²) >= 11 is 0.804. The number of rotatable bonds is 6. The number of nitrogens with zero attached hydrogens (tertiary/aromatic N) is 2. The maximum Gasteiger partial charge on any atom is 0.329 e. The number of ether oxygens (including phenoxy) is 1. The molecule has 0 N–H and O–H groups in total. The molecule has 8 heteroatoms. The molecule has 0 saturated carbocycles. The summed E-state index contributed by atoms with van der Waals surface area (Å²) in [5.74, 6) is -1.39. The number of carbonyl (C=O) groups excluding carboxylic acids is 3. The van der Waals surface area contributed by atoms with Gasteiger partial charge in [-0.25, -0.2) is 9.18 Å². The van der Waals surface area contributed by atoms with Gasteiger partial charge in [0.25, 0.3) is 11.1 Å². The average Bonchev–Trinajstić information content (AvgIpc) is 3.27. The summed E-state index contributed by atoms with van der Waals surface area (Å²) in [5, 5.41) is 0.457. The van der Waals surface area contributed by atoms with E-state index in [0.29, 0.717) is 6.54 Å². The molecule has 1 saturated heterocycles. The summed E-state index contributed by atoms with van der Waals surface area (Å²) in [6.45, 7) is 3.85. The van der Waals surface area contributed by atoms with Crippen LogP contribution in [0.4, 0.5) is 9.18 Å². The number of hydrogen-bond donors (Lipinski definition) is 0. The van der Waals surface area contributed by atoms with E-state index in [4.69, 9.17) is 4.74 Å². The molecule has 4 rings (SSSR count). The lowest BCUT2D eigenvalue weighted by molar-refractivity contribution is -0.150. The predicted molar refractivity (Wildman–Crippen MR) is 121 cm³/mol. The van der Waals surface area contributed by atoms with Crippen molar-refractivity contribution >= 4 is 45.9 Å². The first-order valence-corrected chi connectivity index (χ1v) is 11.0. The minimum atomic E-state index is -0.979. The molecule has 3 aromatic rings. The third-order valence-electron chi connectivity index (χ3n) is 5.17. The van der Waals surface area contributed by atoms with Gasteiger partial charge in [0.05, 0.1) is 11.5 Å². The third kappa shape index (κ3) is 4.31. The van der Waals surface area contributed by atoms with Crippen LogP contribution in [0, 0.1) is 5.82 Å². The van der Waals surface area contributed by atoms with Crippen molar-refractivity contribution in [2.45, 2.75) is 26.4 Å². The number of imide groups is 1. The summed E-state index contributed by atoms with van der Waals surface area (Å²) in [4.78, 5) is 38.2. The average molecular weight is 453 g/mol. The van der Waals surface area contributed by atoms with Gasteiger partial charge < -0.3 is 9.30 Å². The Bertz CT molecular complexity index is 1250. The molecule has 164 valence electrons. The molecule has 1 fully saturated rings. The summed E-state index contributed by atoms with van der Waals surface area (Å²) in [6.07, 6.45) is 3.57. The van der Waals surface area contributed by atoms with Crippen molar-refractivity contribution in [1.29, 1.82) is 0 Å². The summed E-state index contributed by atoms with van der Waals surface area (Å²) in [7, 11) is 0. The second-order valence-electron chi connectivity index (χ2n) is 7.37. The SMILES string of the molecule is CCOC(=O)[C@H](C)N1C(=O)S/C(=C\c2ccc3c(ccn3Cc3cccc(F)c3)c2)C1=O. The van der Waals surface area contributed by atoms with E-state index in [1.165, 1.54) is 19.1 Å². The predicted octanol–water partition coefficient (Wildman–Crippen LogP) is 4.82. The number of aromatic nitrogens is 1. The van der Waals surface area contributed by atoms with Gasteiger partial charge in [0, 0.05) is 23.6 Å². The highest BCUT2D eigenvalue weighted by atomic mass is 32.2. The molecule has 2 aromatic carbocycles. The summed E-state index contributed by atoms with van der Waals surface area (Å²) < 4.78 is 20.4. The molecular formula is C24H21FN2O4S. The first-order valence-electron chi connectivity index (χ1n) is 10.1. The van der Waals surface area contributed by atoms with Crippen molar-refractivity contribution in [3.63, 3.8) is 0 Å². The zero-order valence-electron chi connectivity index (χ0n) is 17.6. The van der Waals surface area contributed by atoms with Crippen LogP contribution in [-0.2, 0) is 20.9 Å². The Kier molecular flexibility index (Phi) is 6.14. The van der Waals surface area contributed by atoms with Gasteiger partial charge in [-0.05, 0) is 73.1 Å². The largest absolute Gasteiger partial charge is 0.464 e. The van der Waals surface area contributed by atoms with Crippen molar-refractivity contribution in [3.05, 3.63) is 76.6 Å². The lowest BCUT2D eigenvalue weighted by atomic mass is 10.1. The van der Waals surface area contributed by atoms with E-state index < -0.39 is 23.2 Å². The molecule has 0 spiro atoms. The van der Waals surface area contributed by atoms with Crippen LogP contribution >= 0.6 is 11.8 Å². The van der Waals surface area contributed by atoms with E-state index in [-0.39, 0.29) is 17.3 Å². The van der Waals surface area contributed by atoms with Gasteiger partial charge in [0.2, 0.25) is 0 Å². The van der Waals surface area contributed by atoms with Crippen molar-refractivity contribution in [3.8, 4) is 0 Å². The van der Waals surface area contributed by atoms with Crippen LogP contribution in [0.2, 0.25) is 0 Å². The Morgan fingerprint density at radius 3 is 2.75 bits per heavy atom. The van der Waals surface area contributed by atoms with E-state index in [1.54, 1.807) is 19.1 Å². The van der Waals surface area contributed by atoms with Crippen LogP contribution in [0.1, 0.15) is 25.0 Å². The van der Waals surface area contributed by atoms with Gasteiger partial charge in [0.15, 0.2) is 0 Å².